The molecule has 0 amide bonds. The lowest BCUT2D eigenvalue weighted by Crippen LogP contribution is -2.37. The Morgan fingerprint density at radius 2 is 2.11 bits per heavy atom. The lowest BCUT2D eigenvalue weighted by Gasteiger charge is -2.31. The van der Waals surface area contributed by atoms with Gasteiger partial charge in [-0.15, -0.1) is 0 Å². The summed E-state index contributed by atoms with van der Waals surface area (Å²) < 4.78 is 26.5. The highest BCUT2D eigenvalue weighted by Crippen LogP contribution is 2.36. The molecule has 2 aliphatic rings. The third kappa shape index (κ3) is 2.56. The van der Waals surface area contributed by atoms with Crippen LogP contribution in [0.1, 0.15) is 31.2 Å². The monoisotopic (exact) mass is 280 g/mol. The summed E-state index contributed by atoms with van der Waals surface area (Å²) in [7, 11) is -3.19. The summed E-state index contributed by atoms with van der Waals surface area (Å²) in [5, 5.41) is 0. The molecule has 0 spiro atoms. The minimum atomic E-state index is -3.19. The molecule has 4 nitrogen and oxygen atoms in total. The predicted molar refractivity (Wildman–Crippen MR) is 77.6 cm³/mol. The highest BCUT2D eigenvalue weighted by molar-refractivity contribution is 7.92. The van der Waals surface area contributed by atoms with E-state index in [0.29, 0.717) is 18.2 Å². The quantitative estimate of drug-likeness (QED) is 0.860. The first kappa shape index (κ1) is 12.8. The van der Waals surface area contributed by atoms with E-state index in [-0.39, 0.29) is 5.75 Å². The molecule has 19 heavy (non-hydrogen) atoms. The van der Waals surface area contributed by atoms with Crippen molar-refractivity contribution in [3.05, 3.63) is 23.8 Å². The highest BCUT2D eigenvalue weighted by atomic mass is 32.2. The first-order valence-electron chi connectivity index (χ1n) is 6.96. The molecule has 1 heterocycles. The van der Waals surface area contributed by atoms with E-state index in [2.05, 4.69) is 0 Å². The Bertz CT molecular complexity index is 579. The lowest BCUT2D eigenvalue weighted by atomic mass is 10.0. The highest BCUT2D eigenvalue weighted by Gasteiger charge is 2.30. The zero-order chi connectivity index (χ0) is 13.5. The minimum Gasteiger partial charge on any atom is -0.398 e. The normalized spacial score (nSPS) is 19.3. The molecule has 0 saturated heterocycles. The van der Waals surface area contributed by atoms with Gasteiger partial charge in [-0.3, -0.25) is 4.31 Å². The van der Waals surface area contributed by atoms with Crippen LogP contribution in [-0.2, 0) is 16.4 Å². The SMILES string of the molecule is Nc1cccc2c1CCCN2S(=O)(=O)CCC1CC1. The number of nitrogen functional groups attached to an aromatic ring is 1. The lowest BCUT2D eigenvalue weighted by molar-refractivity contribution is 0.581. The maximum Gasteiger partial charge on any atom is 0.235 e. The van der Waals surface area contributed by atoms with Crippen LogP contribution in [0.3, 0.4) is 0 Å². The Labute approximate surface area is 114 Å². The molecule has 1 aromatic rings. The van der Waals surface area contributed by atoms with Crippen LogP contribution in [0, 0.1) is 5.92 Å². The number of hydrogen-bond acceptors (Lipinski definition) is 3. The van der Waals surface area contributed by atoms with Crippen molar-refractivity contribution in [1.82, 2.24) is 0 Å². The fourth-order valence-electron chi connectivity index (χ4n) is 2.74. The Hall–Kier alpha value is -1.23. The largest absolute Gasteiger partial charge is 0.398 e. The van der Waals surface area contributed by atoms with Crippen LogP contribution in [0.25, 0.3) is 0 Å². The summed E-state index contributed by atoms with van der Waals surface area (Å²) in [4.78, 5) is 0. The van der Waals surface area contributed by atoms with Crippen molar-refractivity contribution < 1.29 is 8.42 Å². The zero-order valence-corrected chi connectivity index (χ0v) is 11.8. The van der Waals surface area contributed by atoms with Crippen molar-refractivity contribution in [1.29, 1.82) is 0 Å². The summed E-state index contributed by atoms with van der Waals surface area (Å²) in [6.45, 7) is 0.587. The molecule has 1 saturated carbocycles. The molecular formula is C14H20N2O2S. The van der Waals surface area contributed by atoms with Crippen LogP contribution in [0.2, 0.25) is 0 Å². The molecule has 0 radical (unpaired) electrons. The number of hydrogen-bond donors (Lipinski definition) is 1. The van der Waals surface area contributed by atoms with Gasteiger partial charge in [0.1, 0.15) is 0 Å². The van der Waals surface area contributed by atoms with E-state index in [1.54, 1.807) is 4.31 Å². The maximum absolute atomic E-state index is 12.5. The van der Waals surface area contributed by atoms with E-state index in [1.165, 1.54) is 12.8 Å². The van der Waals surface area contributed by atoms with Crippen molar-refractivity contribution in [3.8, 4) is 0 Å². The maximum atomic E-state index is 12.5. The van der Waals surface area contributed by atoms with Crippen molar-refractivity contribution in [2.45, 2.75) is 32.1 Å². The summed E-state index contributed by atoms with van der Waals surface area (Å²) >= 11 is 0. The molecule has 2 N–H and O–H groups in total. The van der Waals surface area contributed by atoms with Crippen molar-refractivity contribution in [2.24, 2.45) is 5.92 Å². The van der Waals surface area contributed by atoms with E-state index in [0.717, 1.165) is 30.5 Å². The summed E-state index contributed by atoms with van der Waals surface area (Å²) in [5.41, 5.74) is 8.45. The second-order valence-corrected chi connectivity index (χ2v) is 7.58. The van der Waals surface area contributed by atoms with Crippen LogP contribution >= 0.6 is 0 Å². The van der Waals surface area contributed by atoms with Gasteiger partial charge in [-0.2, -0.15) is 0 Å². The summed E-state index contributed by atoms with van der Waals surface area (Å²) in [6.07, 6.45) is 4.91. The third-order valence-corrected chi connectivity index (χ3v) is 5.86. The zero-order valence-electron chi connectivity index (χ0n) is 11.0. The Morgan fingerprint density at radius 1 is 1.32 bits per heavy atom. The Balaban J connectivity index is 1.87. The third-order valence-electron chi connectivity index (χ3n) is 4.06. The molecule has 3 rings (SSSR count). The molecule has 1 fully saturated rings. The van der Waals surface area contributed by atoms with Gasteiger partial charge in [-0.1, -0.05) is 18.9 Å². The molecule has 0 aromatic heterocycles. The molecular weight excluding hydrogens is 260 g/mol. The second kappa shape index (κ2) is 4.71. The number of rotatable bonds is 4. The van der Waals surface area contributed by atoms with E-state index < -0.39 is 10.0 Å². The van der Waals surface area contributed by atoms with Crippen LogP contribution in [0.15, 0.2) is 18.2 Å². The topological polar surface area (TPSA) is 63.4 Å². The molecule has 0 unspecified atom stereocenters. The van der Waals surface area contributed by atoms with Gasteiger partial charge in [-0.05, 0) is 42.9 Å². The van der Waals surface area contributed by atoms with E-state index in [1.807, 2.05) is 18.2 Å². The Morgan fingerprint density at radius 3 is 2.84 bits per heavy atom. The average Bonchev–Trinajstić information content (AvgIpc) is 3.20. The molecule has 0 atom stereocenters. The van der Waals surface area contributed by atoms with Gasteiger partial charge in [0.15, 0.2) is 0 Å². The smallest absolute Gasteiger partial charge is 0.235 e. The molecule has 1 aromatic carbocycles. The van der Waals surface area contributed by atoms with E-state index >= 15 is 0 Å². The van der Waals surface area contributed by atoms with Gasteiger partial charge in [0.2, 0.25) is 10.0 Å². The van der Waals surface area contributed by atoms with Crippen LogP contribution in [0.4, 0.5) is 11.4 Å². The van der Waals surface area contributed by atoms with Gasteiger partial charge in [-0.25, -0.2) is 8.42 Å². The van der Waals surface area contributed by atoms with Crippen molar-refractivity contribution in [2.75, 3.05) is 22.3 Å². The number of anilines is 2. The van der Waals surface area contributed by atoms with E-state index in [9.17, 15) is 8.42 Å². The summed E-state index contributed by atoms with van der Waals surface area (Å²) in [6, 6.07) is 5.56. The first-order valence-corrected chi connectivity index (χ1v) is 8.56. The van der Waals surface area contributed by atoms with Gasteiger partial charge < -0.3 is 5.73 Å². The fourth-order valence-corrected chi connectivity index (χ4v) is 4.47. The number of nitrogens with two attached hydrogens (primary N) is 1. The first-order chi connectivity index (χ1) is 9.08. The Kier molecular flexibility index (Phi) is 3.17. The van der Waals surface area contributed by atoms with Gasteiger partial charge in [0, 0.05) is 12.2 Å². The number of nitrogens with zero attached hydrogens (tertiary/aromatic N) is 1. The number of fused-ring (bicyclic) bond motifs is 1. The molecule has 104 valence electrons. The van der Waals surface area contributed by atoms with Crippen LogP contribution in [-0.4, -0.2) is 20.7 Å². The molecule has 1 aliphatic heterocycles. The molecule has 5 heteroatoms. The number of benzene rings is 1. The second-order valence-electron chi connectivity index (χ2n) is 5.57. The predicted octanol–water partition coefficient (Wildman–Crippen LogP) is 2.15. The van der Waals surface area contributed by atoms with E-state index in [4.69, 9.17) is 5.73 Å². The van der Waals surface area contributed by atoms with Gasteiger partial charge >= 0.3 is 0 Å². The van der Waals surface area contributed by atoms with Gasteiger partial charge in [0.05, 0.1) is 11.4 Å². The van der Waals surface area contributed by atoms with Crippen LogP contribution in [0.5, 0.6) is 0 Å². The number of sulfonamides is 1. The van der Waals surface area contributed by atoms with Gasteiger partial charge in [0.25, 0.3) is 0 Å². The molecule has 1 aliphatic carbocycles. The summed E-state index contributed by atoms with van der Waals surface area (Å²) in [5.74, 6) is 0.909. The molecule has 0 bridgehead atoms. The average molecular weight is 280 g/mol. The van der Waals surface area contributed by atoms with Crippen LogP contribution < -0.4 is 10.0 Å². The standard InChI is InChI=1S/C14H20N2O2S/c15-13-4-1-5-14-12(13)3-2-9-16(14)19(17,18)10-8-11-6-7-11/h1,4-5,11H,2-3,6-10,15H2. The minimum absolute atomic E-state index is 0.270. The van der Waals surface area contributed by atoms with Crippen molar-refractivity contribution >= 4 is 21.4 Å². The fraction of sp³-hybridized carbons (Fsp3) is 0.571. The van der Waals surface area contributed by atoms with Crippen molar-refractivity contribution in [3.63, 3.8) is 0 Å².